The van der Waals surface area contributed by atoms with E-state index >= 15 is 0 Å². The number of carbonyl (C=O) groups excluding carboxylic acids is 2. The molecule has 1 aliphatic rings. The van der Waals surface area contributed by atoms with Crippen molar-refractivity contribution < 1.29 is 18.0 Å². The molecule has 2 aromatic rings. The molecule has 6 nitrogen and oxygen atoms in total. The maximum absolute atomic E-state index is 12.7. The molecule has 146 valence electrons. The summed E-state index contributed by atoms with van der Waals surface area (Å²) in [6.45, 7) is 0. The molecule has 0 aromatic heterocycles. The summed E-state index contributed by atoms with van der Waals surface area (Å²) in [6.07, 6.45) is 1.88. The van der Waals surface area contributed by atoms with Gasteiger partial charge in [-0.15, -0.1) is 0 Å². The molecule has 1 saturated heterocycles. The molecule has 2 amide bonds. The van der Waals surface area contributed by atoms with Crippen molar-refractivity contribution in [1.82, 2.24) is 10.6 Å². The standard InChI is InChI=1S/C20H19ClN2O4S/c21-16-8-6-14(7-9-16)12-18(23-19(24)15-4-2-1-3-5-15)20(25)22-17-10-11-28(26,27)13-17/h1-9,12,17H,10-11,13H2,(H,22,25)(H,23,24)/b18-12-/t17-/m1/s1. The fourth-order valence-electron chi connectivity index (χ4n) is 2.84. The summed E-state index contributed by atoms with van der Waals surface area (Å²) in [5.74, 6) is -1.03. The molecule has 1 atom stereocenters. The zero-order chi connectivity index (χ0) is 20.1. The molecule has 28 heavy (non-hydrogen) atoms. The Labute approximate surface area is 168 Å². The van der Waals surface area contributed by atoms with Crippen LogP contribution in [-0.2, 0) is 14.6 Å². The minimum absolute atomic E-state index is 0.0282. The average Bonchev–Trinajstić information content (AvgIpc) is 3.01. The minimum atomic E-state index is -3.13. The Bertz CT molecular complexity index is 1000. The molecule has 3 rings (SSSR count). The largest absolute Gasteiger partial charge is 0.347 e. The van der Waals surface area contributed by atoms with Gasteiger partial charge in [-0.25, -0.2) is 8.42 Å². The van der Waals surface area contributed by atoms with Gasteiger partial charge in [-0.05, 0) is 42.3 Å². The van der Waals surface area contributed by atoms with E-state index in [-0.39, 0.29) is 17.2 Å². The molecule has 1 aliphatic heterocycles. The van der Waals surface area contributed by atoms with E-state index in [0.29, 0.717) is 22.6 Å². The number of hydrogen-bond donors (Lipinski definition) is 2. The summed E-state index contributed by atoms with van der Waals surface area (Å²) < 4.78 is 23.3. The first-order chi connectivity index (χ1) is 13.3. The fourth-order valence-corrected chi connectivity index (χ4v) is 4.64. The number of benzene rings is 2. The second kappa shape index (κ2) is 8.58. The monoisotopic (exact) mass is 418 g/mol. The topological polar surface area (TPSA) is 92.3 Å². The lowest BCUT2D eigenvalue weighted by Crippen LogP contribution is -2.41. The predicted molar refractivity (Wildman–Crippen MR) is 109 cm³/mol. The van der Waals surface area contributed by atoms with Crippen LogP contribution in [0, 0.1) is 0 Å². The van der Waals surface area contributed by atoms with Crippen molar-refractivity contribution in [1.29, 1.82) is 0 Å². The quantitative estimate of drug-likeness (QED) is 0.729. The number of rotatable bonds is 5. The first-order valence-electron chi connectivity index (χ1n) is 8.67. The van der Waals surface area contributed by atoms with E-state index in [1.807, 2.05) is 0 Å². The molecule has 8 heteroatoms. The molecule has 0 bridgehead atoms. The highest BCUT2D eigenvalue weighted by Gasteiger charge is 2.29. The van der Waals surface area contributed by atoms with Crippen LogP contribution in [0.25, 0.3) is 6.08 Å². The third-order valence-corrected chi connectivity index (χ3v) is 6.30. The summed E-state index contributed by atoms with van der Waals surface area (Å²) in [5, 5.41) is 5.86. The van der Waals surface area contributed by atoms with Crippen molar-refractivity contribution in [2.24, 2.45) is 0 Å². The average molecular weight is 419 g/mol. The van der Waals surface area contributed by atoms with Crippen LogP contribution in [0.1, 0.15) is 22.3 Å². The Morgan fingerprint density at radius 1 is 1.04 bits per heavy atom. The maximum Gasteiger partial charge on any atom is 0.268 e. The van der Waals surface area contributed by atoms with E-state index in [1.54, 1.807) is 54.6 Å². The van der Waals surface area contributed by atoms with Gasteiger partial charge in [0, 0.05) is 16.6 Å². The molecule has 0 radical (unpaired) electrons. The first kappa shape index (κ1) is 20.1. The molecule has 2 aromatic carbocycles. The highest BCUT2D eigenvalue weighted by atomic mass is 35.5. The van der Waals surface area contributed by atoms with Gasteiger partial charge >= 0.3 is 0 Å². The van der Waals surface area contributed by atoms with E-state index in [2.05, 4.69) is 10.6 Å². The van der Waals surface area contributed by atoms with Gasteiger partial charge in [0.1, 0.15) is 5.70 Å². The van der Waals surface area contributed by atoms with Crippen molar-refractivity contribution in [2.75, 3.05) is 11.5 Å². The Hall–Kier alpha value is -2.64. The zero-order valence-electron chi connectivity index (χ0n) is 14.9. The second-order valence-corrected chi connectivity index (χ2v) is 9.17. The molecule has 1 fully saturated rings. The molecule has 0 spiro atoms. The number of hydrogen-bond acceptors (Lipinski definition) is 4. The van der Waals surface area contributed by atoms with E-state index < -0.39 is 27.7 Å². The van der Waals surface area contributed by atoms with Crippen LogP contribution in [0.2, 0.25) is 5.02 Å². The number of nitrogens with one attached hydrogen (secondary N) is 2. The second-order valence-electron chi connectivity index (χ2n) is 6.50. The van der Waals surface area contributed by atoms with E-state index in [1.165, 1.54) is 6.08 Å². The number of halogens is 1. The van der Waals surface area contributed by atoms with E-state index in [9.17, 15) is 18.0 Å². The Balaban J connectivity index is 1.82. The van der Waals surface area contributed by atoms with Crippen LogP contribution < -0.4 is 10.6 Å². The van der Waals surface area contributed by atoms with Crippen molar-refractivity contribution in [2.45, 2.75) is 12.5 Å². The van der Waals surface area contributed by atoms with Gasteiger partial charge in [-0.3, -0.25) is 9.59 Å². The highest BCUT2D eigenvalue weighted by molar-refractivity contribution is 7.91. The lowest BCUT2D eigenvalue weighted by atomic mass is 10.1. The van der Waals surface area contributed by atoms with Gasteiger partial charge in [0.2, 0.25) is 0 Å². The van der Waals surface area contributed by atoms with E-state index in [4.69, 9.17) is 11.6 Å². The normalized spacial score (nSPS) is 18.5. The molecular formula is C20H19ClN2O4S. The summed E-state index contributed by atoms with van der Waals surface area (Å²) in [6, 6.07) is 14.8. The maximum atomic E-state index is 12.7. The van der Waals surface area contributed by atoms with Crippen molar-refractivity contribution in [3.63, 3.8) is 0 Å². The number of carbonyl (C=O) groups is 2. The molecule has 0 saturated carbocycles. The van der Waals surface area contributed by atoms with Gasteiger partial charge in [0.25, 0.3) is 11.8 Å². The smallest absolute Gasteiger partial charge is 0.268 e. The highest BCUT2D eigenvalue weighted by Crippen LogP contribution is 2.15. The van der Waals surface area contributed by atoms with Crippen LogP contribution in [0.4, 0.5) is 0 Å². The minimum Gasteiger partial charge on any atom is -0.347 e. The zero-order valence-corrected chi connectivity index (χ0v) is 16.5. The summed E-state index contributed by atoms with van der Waals surface area (Å²) in [5.41, 5.74) is 1.10. The lowest BCUT2D eigenvalue weighted by Gasteiger charge is -2.14. The number of amides is 2. The van der Waals surface area contributed by atoms with Gasteiger partial charge in [0.05, 0.1) is 11.5 Å². The Morgan fingerprint density at radius 2 is 1.71 bits per heavy atom. The number of sulfone groups is 1. The Morgan fingerprint density at radius 3 is 2.32 bits per heavy atom. The predicted octanol–water partition coefficient (Wildman–Crippen LogP) is 2.41. The molecule has 0 aliphatic carbocycles. The van der Waals surface area contributed by atoms with Gasteiger partial charge in [-0.2, -0.15) is 0 Å². The van der Waals surface area contributed by atoms with Crippen LogP contribution >= 0.6 is 11.6 Å². The van der Waals surface area contributed by atoms with Crippen LogP contribution in [0.15, 0.2) is 60.3 Å². The third-order valence-electron chi connectivity index (χ3n) is 4.28. The summed E-state index contributed by atoms with van der Waals surface area (Å²) >= 11 is 5.89. The van der Waals surface area contributed by atoms with Crippen LogP contribution in [0.5, 0.6) is 0 Å². The van der Waals surface area contributed by atoms with E-state index in [0.717, 1.165) is 0 Å². The van der Waals surface area contributed by atoms with Gasteiger partial charge in [-0.1, -0.05) is 41.9 Å². The van der Waals surface area contributed by atoms with Crippen molar-refractivity contribution in [3.8, 4) is 0 Å². The fraction of sp³-hybridized carbons (Fsp3) is 0.200. The SMILES string of the molecule is O=C(N[C@@H]1CCS(=O)(=O)C1)/C(=C/c1ccc(Cl)cc1)NC(=O)c1ccccc1. The molecular weight excluding hydrogens is 400 g/mol. The van der Waals surface area contributed by atoms with Crippen LogP contribution in [-0.4, -0.2) is 37.8 Å². The van der Waals surface area contributed by atoms with Crippen molar-refractivity contribution in [3.05, 3.63) is 76.4 Å². The van der Waals surface area contributed by atoms with Crippen LogP contribution in [0.3, 0.4) is 0 Å². The molecule has 2 N–H and O–H groups in total. The van der Waals surface area contributed by atoms with Gasteiger partial charge < -0.3 is 10.6 Å². The summed E-state index contributed by atoms with van der Waals surface area (Å²) in [7, 11) is -3.13. The molecule has 1 heterocycles. The lowest BCUT2D eigenvalue weighted by molar-refractivity contribution is -0.118. The summed E-state index contributed by atoms with van der Waals surface area (Å²) in [4.78, 5) is 25.2. The first-order valence-corrected chi connectivity index (χ1v) is 10.9. The van der Waals surface area contributed by atoms with Gasteiger partial charge in [0.15, 0.2) is 9.84 Å². The molecule has 0 unspecified atom stereocenters. The third kappa shape index (κ3) is 5.43. The Kier molecular flexibility index (Phi) is 6.16. The van der Waals surface area contributed by atoms with Crippen molar-refractivity contribution >= 4 is 39.3 Å².